The fourth-order valence-electron chi connectivity index (χ4n) is 2.20. The molecule has 7 heteroatoms. The highest BCUT2D eigenvalue weighted by Crippen LogP contribution is 2.28. The Kier molecular flexibility index (Phi) is 4.77. The molecule has 1 heterocycles. The van der Waals surface area contributed by atoms with Crippen LogP contribution in [0.25, 0.3) is 0 Å². The van der Waals surface area contributed by atoms with Gasteiger partial charge in [0.05, 0.1) is 13.0 Å². The fourth-order valence-corrected chi connectivity index (χ4v) is 2.20. The van der Waals surface area contributed by atoms with Crippen molar-refractivity contribution in [3.05, 3.63) is 29.3 Å². The molecular weight excluding hydrogens is 311 g/mol. The quantitative estimate of drug-likeness (QED) is 0.830. The number of benzene rings is 1. The van der Waals surface area contributed by atoms with Gasteiger partial charge in [-0.3, -0.25) is 4.90 Å². The summed E-state index contributed by atoms with van der Waals surface area (Å²) in [5, 5.41) is 0. The van der Waals surface area contributed by atoms with Crippen molar-refractivity contribution in [2.75, 3.05) is 6.61 Å². The molecule has 0 radical (unpaired) electrons. The van der Waals surface area contributed by atoms with E-state index >= 15 is 0 Å². The summed E-state index contributed by atoms with van der Waals surface area (Å²) in [6.45, 7) is 5.74. The first-order valence-corrected chi connectivity index (χ1v) is 7.33. The molecule has 0 saturated carbocycles. The van der Waals surface area contributed by atoms with E-state index in [1.54, 1.807) is 43.9 Å². The summed E-state index contributed by atoms with van der Waals surface area (Å²) < 4.78 is 46.8. The van der Waals surface area contributed by atoms with Crippen molar-refractivity contribution in [3.8, 4) is 5.75 Å². The average Bonchev–Trinajstić information content (AvgIpc) is 2.78. The summed E-state index contributed by atoms with van der Waals surface area (Å²) in [7, 11) is 0. The highest BCUT2D eigenvalue weighted by atomic mass is 19.4. The van der Waals surface area contributed by atoms with Crippen molar-refractivity contribution < 1.29 is 27.4 Å². The maximum absolute atomic E-state index is 12.1. The van der Waals surface area contributed by atoms with E-state index in [0.717, 1.165) is 11.1 Å². The van der Waals surface area contributed by atoms with Gasteiger partial charge in [0.25, 0.3) is 0 Å². The zero-order chi connectivity index (χ0) is 17.3. The first-order valence-electron chi connectivity index (χ1n) is 7.33. The Morgan fingerprint density at radius 2 is 1.83 bits per heavy atom. The number of rotatable bonds is 3. The van der Waals surface area contributed by atoms with Crippen LogP contribution in [0, 0.1) is 0 Å². The topological polar surface area (TPSA) is 38.8 Å². The first kappa shape index (κ1) is 17.4. The van der Waals surface area contributed by atoms with Crippen molar-refractivity contribution in [2.45, 2.75) is 52.1 Å². The van der Waals surface area contributed by atoms with Crippen molar-refractivity contribution in [2.24, 2.45) is 0 Å². The molecule has 1 aromatic carbocycles. The van der Waals surface area contributed by atoms with Gasteiger partial charge in [0.2, 0.25) is 0 Å². The zero-order valence-corrected chi connectivity index (χ0v) is 13.4. The molecule has 0 aliphatic carbocycles. The molecule has 0 saturated heterocycles. The second-order valence-corrected chi connectivity index (χ2v) is 6.48. The number of carbonyl (C=O) groups excluding carboxylic acids is 1. The second kappa shape index (κ2) is 6.29. The van der Waals surface area contributed by atoms with Crippen LogP contribution in [0.1, 0.15) is 38.3 Å². The molecule has 2 rings (SSSR count). The third kappa shape index (κ3) is 5.33. The molecule has 4 nitrogen and oxygen atoms in total. The van der Waals surface area contributed by atoms with E-state index < -0.39 is 30.9 Å². The zero-order valence-electron chi connectivity index (χ0n) is 13.4. The number of nitrogens with zero attached hydrogens (tertiary/aromatic N) is 1. The first-order chi connectivity index (χ1) is 10.5. The van der Waals surface area contributed by atoms with Crippen LogP contribution in [-0.4, -0.2) is 29.4 Å². The van der Waals surface area contributed by atoms with Crippen LogP contribution in [-0.2, 0) is 17.8 Å². The van der Waals surface area contributed by atoms with Crippen molar-refractivity contribution in [1.82, 2.24) is 4.90 Å². The van der Waals surface area contributed by atoms with Crippen LogP contribution in [0.4, 0.5) is 18.0 Å². The predicted octanol–water partition coefficient (Wildman–Crippen LogP) is 4.27. The molecule has 0 unspecified atom stereocenters. The van der Waals surface area contributed by atoms with Gasteiger partial charge < -0.3 is 9.47 Å². The van der Waals surface area contributed by atoms with Gasteiger partial charge in [-0.1, -0.05) is 6.07 Å². The lowest BCUT2D eigenvalue weighted by Gasteiger charge is -2.24. The number of carbonyl (C=O) groups is 1. The van der Waals surface area contributed by atoms with Crippen molar-refractivity contribution in [1.29, 1.82) is 0 Å². The maximum Gasteiger partial charge on any atom is 0.410 e. The number of hydrogen-bond acceptors (Lipinski definition) is 3. The normalized spacial score (nSPS) is 14.6. The number of halogens is 3. The smallest absolute Gasteiger partial charge is 0.410 e. The Morgan fingerprint density at radius 1 is 1.17 bits per heavy atom. The van der Waals surface area contributed by atoms with Crippen LogP contribution in [0.15, 0.2) is 18.2 Å². The third-order valence-electron chi connectivity index (χ3n) is 3.21. The van der Waals surface area contributed by atoms with Crippen LogP contribution in [0.3, 0.4) is 0 Å². The van der Waals surface area contributed by atoms with Crippen LogP contribution in [0.2, 0.25) is 0 Å². The minimum Gasteiger partial charge on any atom is -0.493 e. The standard InChI is InChI=1S/C16H20F3NO3/c1-15(2,3)23-14(21)20-9-11-4-5-13(8-12(11)10-20)22-7-6-16(17,18)19/h4-5,8H,6-7,9-10H2,1-3H3. The number of alkyl halides is 3. The Balaban J connectivity index is 1.94. The lowest BCUT2D eigenvalue weighted by molar-refractivity contribution is -0.139. The van der Waals surface area contributed by atoms with Crippen LogP contribution in [0.5, 0.6) is 5.75 Å². The van der Waals surface area contributed by atoms with E-state index in [9.17, 15) is 18.0 Å². The molecule has 0 spiro atoms. The number of hydrogen-bond donors (Lipinski definition) is 0. The summed E-state index contributed by atoms with van der Waals surface area (Å²) >= 11 is 0. The van der Waals surface area contributed by atoms with E-state index in [1.165, 1.54) is 0 Å². The van der Waals surface area contributed by atoms with Gasteiger partial charge in [0, 0.05) is 13.1 Å². The minimum absolute atomic E-state index is 0.362. The molecule has 1 aliphatic heterocycles. The van der Waals surface area contributed by atoms with Crippen LogP contribution >= 0.6 is 0 Å². The molecule has 0 aromatic heterocycles. The summed E-state index contributed by atoms with van der Waals surface area (Å²) in [6, 6.07) is 5.06. The molecule has 0 fully saturated rings. The summed E-state index contributed by atoms with van der Waals surface area (Å²) in [4.78, 5) is 13.6. The molecular formula is C16H20F3NO3. The van der Waals surface area contributed by atoms with E-state index in [4.69, 9.17) is 9.47 Å². The molecule has 0 N–H and O–H groups in total. The number of amides is 1. The molecule has 0 bridgehead atoms. The molecule has 23 heavy (non-hydrogen) atoms. The Hall–Kier alpha value is -1.92. The molecule has 1 aliphatic rings. The van der Waals surface area contributed by atoms with Gasteiger partial charge in [0.15, 0.2) is 0 Å². The summed E-state index contributed by atoms with van der Waals surface area (Å²) in [6.07, 6.45) is -5.63. The van der Waals surface area contributed by atoms with E-state index in [0.29, 0.717) is 18.8 Å². The van der Waals surface area contributed by atoms with Gasteiger partial charge in [-0.15, -0.1) is 0 Å². The third-order valence-corrected chi connectivity index (χ3v) is 3.21. The van der Waals surface area contributed by atoms with E-state index in [-0.39, 0.29) is 0 Å². The number of ether oxygens (including phenoxy) is 2. The monoisotopic (exact) mass is 331 g/mol. The molecule has 1 amide bonds. The summed E-state index contributed by atoms with van der Waals surface area (Å²) in [5.41, 5.74) is 1.23. The molecule has 1 aromatic rings. The SMILES string of the molecule is CC(C)(C)OC(=O)N1Cc2ccc(OCCC(F)(F)F)cc2C1. The minimum atomic E-state index is -4.23. The van der Waals surface area contributed by atoms with E-state index in [1.807, 2.05) is 0 Å². The number of fused-ring (bicyclic) bond motifs is 1. The van der Waals surface area contributed by atoms with Gasteiger partial charge >= 0.3 is 12.3 Å². The maximum atomic E-state index is 12.1. The van der Waals surface area contributed by atoms with E-state index in [2.05, 4.69) is 0 Å². The second-order valence-electron chi connectivity index (χ2n) is 6.48. The van der Waals surface area contributed by atoms with Crippen molar-refractivity contribution >= 4 is 6.09 Å². The predicted molar refractivity (Wildman–Crippen MR) is 78.1 cm³/mol. The highest BCUT2D eigenvalue weighted by molar-refractivity contribution is 5.69. The van der Waals surface area contributed by atoms with Gasteiger partial charge in [-0.2, -0.15) is 13.2 Å². The van der Waals surface area contributed by atoms with Gasteiger partial charge in [-0.05, 0) is 44.0 Å². The largest absolute Gasteiger partial charge is 0.493 e. The van der Waals surface area contributed by atoms with Gasteiger partial charge in [-0.25, -0.2) is 4.79 Å². The Labute approximate surface area is 133 Å². The molecule has 0 atom stereocenters. The van der Waals surface area contributed by atoms with Crippen LogP contribution < -0.4 is 4.74 Å². The molecule has 128 valence electrons. The Morgan fingerprint density at radius 3 is 2.43 bits per heavy atom. The highest BCUT2D eigenvalue weighted by Gasteiger charge is 2.29. The summed E-state index contributed by atoms with van der Waals surface area (Å²) in [5.74, 6) is 0.374. The lowest BCUT2D eigenvalue weighted by Crippen LogP contribution is -2.33. The average molecular weight is 331 g/mol. The van der Waals surface area contributed by atoms with Crippen molar-refractivity contribution in [3.63, 3.8) is 0 Å². The fraction of sp³-hybridized carbons (Fsp3) is 0.562. The lowest BCUT2D eigenvalue weighted by atomic mass is 10.1. The van der Waals surface area contributed by atoms with Gasteiger partial charge in [0.1, 0.15) is 11.4 Å². The Bertz CT molecular complexity index is 579.